The summed E-state index contributed by atoms with van der Waals surface area (Å²) in [6.07, 6.45) is 9.02. The van der Waals surface area contributed by atoms with E-state index in [1.54, 1.807) is 23.3 Å². The smallest absolute Gasteiger partial charge is 0.410 e. The Balaban J connectivity index is 1.16. The molecule has 0 atom stereocenters. The lowest BCUT2D eigenvalue weighted by Crippen LogP contribution is -2.39. The molecule has 52 heavy (non-hydrogen) atoms. The van der Waals surface area contributed by atoms with Gasteiger partial charge in [-0.1, -0.05) is 18.7 Å². The quantitative estimate of drug-likeness (QED) is 0.127. The van der Waals surface area contributed by atoms with Gasteiger partial charge in [0.15, 0.2) is 0 Å². The Kier molecular flexibility index (Phi) is 10.2. The van der Waals surface area contributed by atoms with Gasteiger partial charge in [0.2, 0.25) is 5.91 Å². The van der Waals surface area contributed by atoms with Crippen LogP contribution in [-0.2, 0) is 61.1 Å². The van der Waals surface area contributed by atoms with E-state index in [4.69, 9.17) is 19.4 Å². The van der Waals surface area contributed by atoms with Crippen LogP contribution in [0.15, 0.2) is 49.1 Å². The van der Waals surface area contributed by atoms with Crippen LogP contribution in [0, 0.1) is 5.82 Å². The molecular weight excluding hydrogens is 676 g/mol. The number of thiazole rings is 1. The second kappa shape index (κ2) is 14.8. The number of ether oxygens (including phenoxy) is 2. The van der Waals surface area contributed by atoms with Gasteiger partial charge in [0.05, 0.1) is 30.1 Å². The molecule has 8 nitrogen and oxygen atoms in total. The molecule has 0 fully saturated rings. The number of halogens is 1. The third-order valence-corrected chi connectivity index (χ3v) is 11.4. The van der Waals surface area contributed by atoms with E-state index in [9.17, 15) is 14.0 Å². The summed E-state index contributed by atoms with van der Waals surface area (Å²) in [5.74, 6) is 0.159. The van der Waals surface area contributed by atoms with Crippen LogP contribution in [0.1, 0.15) is 83.6 Å². The zero-order chi connectivity index (χ0) is 36.6. The van der Waals surface area contributed by atoms with Gasteiger partial charge in [-0.25, -0.2) is 14.2 Å². The maximum atomic E-state index is 14.4. The molecule has 4 aromatic rings. The number of benzene rings is 2. The standard InChI is InChI=1S/C42H47FN4O4S/c1-6-38(48)46-21-19-33-36(25-46)52-37(44-33)13-8-7-12-34-39(32-17-16-29(43)23-35(32)50-5)30-10-9-11-31(30)40(45-34)27-14-15-28-24-47(20-18-26(28)22-27)41(49)51-42(2,3)4/h6,14-17,22-23H,1,7-13,18-21,24-25H2,2-5H3. The van der Waals surface area contributed by atoms with Crippen LogP contribution in [0.4, 0.5) is 9.18 Å². The summed E-state index contributed by atoms with van der Waals surface area (Å²) >= 11 is 1.71. The minimum atomic E-state index is -0.536. The van der Waals surface area contributed by atoms with E-state index in [1.165, 1.54) is 39.8 Å². The fourth-order valence-corrected chi connectivity index (χ4v) is 8.92. The third kappa shape index (κ3) is 7.49. The van der Waals surface area contributed by atoms with Crippen molar-refractivity contribution in [2.45, 2.75) is 97.2 Å². The highest BCUT2D eigenvalue weighted by Crippen LogP contribution is 2.43. The van der Waals surface area contributed by atoms with E-state index in [-0.39, 0.29) is 17.8 Å². The van der Waals surface area contributed by atoms with Crippen molar-refractivity contribution in [1.29, 1.82) is 0 Å². The number of amides is 2. The van der Waals surface area contributed by atoms with Crippen molar-refractivity contribution < 1.29 is 23.5 Å². The molecule has 0 saturated carbocycles. The van der Waals surface area contributed by atoms with Crippen molar-refractivity contribution in [2.24, 2.45) is 0 Å². The lowest BCUT2D eigenvalue weighted by atomic mass is 9.89. The number of carbonyl (C=O) groups is 2. The number of hydrogen-bond acceptors (Lipinski definition) is 7. The Hall–Kier alpha value is -4.57. The van der Waals surface area contributed by atoms with E-state index in [1.807, 2.05) is 31.7 Å². The van der Waals surface area contributed by atoms with Crippen LogP contribution in [0.5, 0.6) is 5.75 Å². The number of hydrogen-bond donors (Lipinski definition) is 0. The summed E-state index contributed by atoms with van der Waals surface area (Å²) < 4.78 is 25.8. The lowest BCUT2D eigenvalue weighted by Gasteiger charge is -2.31. The minimum Gasteiger partial charge on any atom is -0.496 e. The number of fused-ring (bicyclic) bond motifs is 3. The average molecular weight is 723 g/mol. The second-order valence-corrected chi connectivity index (χ2v) is 16.1. The molecule has 1 aliphatic carbocycles. The molecule has 7 rings (SSSR count). The molecule has 0 bridgehead atoms. The number of aromatic nitrogens is 2. The van der Waals surface area contributed by atoms with Crippen molar-refractivity contribution in [3.8, 4) is 28.1 Å². The number of nitrogens with zero attached hydrogens (tertiary/aromatic N) is 4. The fraction of sp³-hybridized carbons (Fsp3) is 0.429. The van der Waals surface area contributed by atoms with Crippen LogP contribution >= 0.6 is 11.3 Å². The van der Waals surface area contributed by atoms with E-state index >= 15 is 0 Å². The SMILES string of the molecule is C=CC(=O)N1CCc2nc(CCCCc3nc(-c4ccc5c(c4)CCN(C(=O)OC(C)(C)C)C5)c4c(c3-c3ccc(F)cc3OC)CCC4)sc2C1. The summed E-state index contributed by atoms with van der Waals surface area (Å²) in [5.41, 5.74) is 10.6. The van der Waals surface area contributed by atoms with Gasteiger partial charge in [-0.2, -0.15) is 0 Å². The van der Waals surface area contributed by atoms with Crippen molar-refractivity contribution in [2.75, 3.05) is 20.2 Å². The highest BCUT2D eigenvalue weighted by molar-refractivity contribution is 7.11. The van der Waals surface area contributed by atoms with Gasteiger partial charge in [-0.3, -0.25) is 9.78 Å². The molecule has 0 N–H and O–H groups in total. The zero-order valence-electron chi connectivity index (χ0n) is 30.6. The van der Waals surface area contributed by atoms with Crippen molar-refractivity contribution in [1.82, 2.24) is 19.8 Å². The number of carbonyl (C=O) groups excluding carboxylic acids is 2. The molecular formula is C42H47FN4O4S. The number of unbranched alkanes of at least 4 members (excludes halogenated alkanes) is 1. The molecule has 0 radical (unpaired) electrons. The first-order valence-electron chi connectivity index (χ1n) is 18.4. The summed E-state index contributed by atoms with van der Waals surface area (Å²) in [5, 5.41) is 1.11. The van der Waals surface area contributed by atoms with Crippen LogP contribution in [0.25, 0.3) is 22.4 Å². The van der Waals surface area contributed by atoms with Gasteiger partial charge in [0.1, 0.15) is 17.2 Å². The van der Waals surface area contributed by atoms with Gasteiger partial charge in [-0.15, -0.1) is 11.3 Å². The normalized spacial score (nSPS) is 15.2. The van der Waals surface area contributed by atoms with Gasteiger partial charge < -0.3 is 19.3 Å². The molecule has 0 spiro atoms. The molecule has 2 aromatic heterocycles. The predicted molar refractivity (Wildman–Crippen MR) is 202 cm³/mol. The monoisotopic (exact) mass is 722 g/mol. The van der Waals surface area contributed by atoms with Gasteiger partial charge >= 0.3 is 6.09 Å². The van der Waals surface area contributed by atoms with Crippen LogP contribution < -0.4 is 4.74 Å². The van der Waals surface area contributed by atoms with Gasteiger partial charge in [0.25, 0.3) is 0 Å². The lowest BCUT2D eigenvalue weighted by molar-refractivity contribution is -0.126. The second-order valence-electron chi connectivity index (χ2n) is 15.0. The number of pyridine rings is 1. The van der Waals surface area contributed by atoms with Crippen LogP contribution in [-0.4, -0.2) is 57.6 Å². The van der Waals surface area contributed by atoms with E-state index in [0.29, 0.717) is 31.9 Å². The number of aryl methyl sites for hydroxylation is 2. The molecule has 3 aliphatic rings. The summed E-state index contributed by atoms with van der Waals surface area (Å²) in [6.45, 7) is 11.7. The molecule has 0 saturated heterocycles. The third-order valence-electron chi connectivity index (χ3n) is 10.2. The maximum absolute atomic E-state index is 14.4. The minimum absolute atomic E-state index is 0.0318. The molecule has 272 valence electrons. The summed E-state index contributed by atoms with van der Waals surface area (Å²) in [6, 6.07) is 11.4. The van der Waals surface area contributed by atoms with E-state index in [2.05, 4.69) is 24.8 Å². The first kappa shape index (κ1) is 35.8. The van der Waals surface area contributed by atoms with Crippen molar-refractivity contribution in [3.05, 3.63) is 98.4 Å². The molecule has 0 unspecified atom stereocenters. The Bertz CT molecular complexity index is 2030. The van der Waals surface area contributed by atoms with Crippen molar-refractivity contribution in [3.63, 3.8) is 0 Å². The summed E-state index contributed by atoms with van der Waals surface area (Å²) in [7, 11) is 1.59. The first-order chi connectivity index (χ1) is 25.0. The first-order valence-corrected chi connectivity index (χ1v) is 19.2. The van der Waals surface area contributed by atoms with Gasteiger partial charge in [-0.05, 0) is 119 Å². The molecule has 2 aliphatic heterocycles. The topological polar surface area (TPSA) is 84.9 Å². The largest absolute Gasteiger partial charge is 0.496 e. The van der Waals surface area contributed by atoms with Gasteiger partial charge in [0, 0.05) is 59.4 Å². The Morgan fingerprint density at radius 3 is 2.52 bits per heavy atom. The highest BCUT2D eigenvalue weighted by atomic mass is 32.1. The molecule has 2 amide bonds. The Labute approximate surface area is 309 Å². The Morgan fingerprint density at radius 1 is 0.942 bits per heavy atom. The van der Waals surface area contributed by atoms with E-state index < -0.39 is 5.60 Å². The zero-order valence-corrected chi connectivity index (χ0v) is 31.5. The fourth-order valence-electron chi connectivity index (χ4n) is 7.75. The molecule has 4 heterocycles. The van der Waals surface area contributed by atoms with Crippen LogP contribution in [0.3, 0.4) is 0 Å². The molecule has 10 heteroatoms. The summed E-state index contributed by atoms with van der Waals surface area (Å²) in [4.78, 5) is 40.2. The number of methoxy groups -OCH3 is 1. The Morgan fingerprint density at radius 2 is 1.73 bits per heavy atom. The predicted octanol–water partition coefficient (Wildman–Crippen LogP) is 8.44. The van der Waals surface area contributed by atoms with E-state index in [0.717, 1.165) is 102 Å². The van der Waals surface area contributed by atoms with Crippen LogP contribution in [0.2, 0.25) is 0 Å². The maximum Gasteiger partial charge on any atom is 0.410 e. The number of rotatable bonds is 9. The molecule has 2 aromatic carbocycles. The highest BCUT2D eigenvalue weighted by Gasteiger charge is 2.29. The average Bonchev–Trinajstić information content (AvgIpc) is 3.78. The van der Waals surface area contributed by atoms with Crippen molar-refractivity contribution >= 4 is 23.3 Å².